The third kappa shape index (κ3) is 7.21. The van der Waals surface area contributed by atoms with E-state index in [4.69, 9.17) is 0 Å². The molecule has 2 aliphatic carbocycles. The number of rotatable bonds is 11. The minimum absolute atomic E-state index is 0.0114. The second-order valence-electron chi connectivity index (χ2n) is 16.0. The number of benzene rings is 3. The maximum absolute atomic E-state index is 16.7. The summed E-state index contributed by atoms with van der Waals surface area (Å²) in [6, 6.07) is 30.4. The quantitative estimate of drug-likeness (QED) is 0.206. The molecule has 3 aromatic carbocycles. The number of hydrogen-bond acceptors (Lipinski definition) is 3. The normalized spacial score (nSPS) is 29.8. The Kier molecular flexibility index (Phi) is 11.9. The van der Waals surface area contributed by atoms with Crippen LogP contribution in [0.25, 0.3) is 0 Å². The Hall–Kier alpha value is -1.92. The Balaban J connectivity index is 1.74. The SMILES string of the molecule is CC(C)[C@@H]1CC[C@@H](C)C[C@H]1P(=O)(c1ccccc1)[C@H](O)[C@H](C)[C@@H](c1ccccc1)P(=O)(c1ccccc1)[C@@H]1C[C@H](C)CC[C@H]1C(C)C. The van der Waals surface area contributed by atoms with E-state index in [0.29, 0.717) is 29.6 Å². The molecule has 2 saturated carbocycles. The first-order valence-corrected chi connectivity index (χ1v) is 22.1. The Morgan fingerprint density at radius 2 is 0.957 bits per heavy atom. The van der Waals surface area contributed by atoms with Crippen LogP contribution in [0.5, 0.6) is 0 Å². The molecule has 3 nitrogen and oxygen atoms in total. The van der Waals surface area contributed by atoms with Gasteiger partial charge in [-0.2, -0.15) is 0 Å². The van der Waals surface area contributed by atoms with E-state index in [9.17, 15) is 5.11 Å². The molecule has 0 aliphatic heterocycles. The van der Waals surface area contributed by atoms with Crippen molar-refractivity contribution in [3.05, 3.63) is 96.6 Å². The minimum atomic E-state index is -3.43. The van der Waals surface area contributed by atoms with Crippen LogP contribution in [-0.4, -0.2) is 22.3 Å². The molecule has 2 fully saturated rings. The highest BCUT2D eigenvalue weighted by Crippen LogP contribution is 2.72. The van der Waals surface area contributed by atoms with Gasteiger partial charge in [0.25, 0.3) is 0 Å². The summed E-state index contributed by atoms with van der Waals surface area (Å²) in [5.41, 5.74) is 0.400. The number of aliphatic hydroxyl groups excluding tert-OH is 1. The summed E-state index contributed by atoms with van der Waals surface area (Å²) in [6.45, 7) is 15.8. The van der Waals surface area contributed by atoms with E-state index >= 15 is 9.13 Å². The van der Waals surface area contributed by atoms with Crippen LogP contribution >= 0.6 is 14.3 Å². The Morgan fingerprint density at radius 1 is 0.574 bits per heavy atom. The molecule has 5 heteroatoms. The van der Waals surface area contributed by atoms with Gasteiger partial charge in [-0.05, 0) is 66.8 Å². The van der Waals surface area contributed by atoms with Crippen molar-refractivity contribution < 1.29 is 14.2 Å². The first kappa shape index (κ1) is 36.4. The average Bonchev–Trinajstić information content (AvgIpc) is 3.08. The van der Waals surface area contributed by atoms with Crippen LogP contribution in [0.3, 0.4) is 0 Å². The van der Waals surface area contributed by atoms with Gasteiger partial charge in [-0.3, -0.25) is 0 Å². The highest BCUT2D eigenvalue weighted by Gasteiger charge is 2.55. The molecule has 3 aromatic rings. The lowest BCUT2D eigenvalue weighted by atomic mass is 9.77. The lowest BCUT2D eigenvalue weighted by molar-refractivity contribution is 0.171. The number of aliphatic hydroxyl groups is 1. The fourth-order valence-electron chi connectivity index (χ4n) is 9.64. The Bertz CT molecular complexity index is 1500. The fourth-order valence-corrected chi connectivity index (χ4v) is 19.1. The van der Waals surface area contributed by atoms with Crippen LogP contribution in [0, 0.1) is 41.4 Å². The molecule has 0 heterocycles. The summed E-state index contributed by atoms with van der Waals surface area (Å²) < 4.78 is 33.0. The molecule has 11 atom stereocenters. The molecule has 2 unspecified atom stereocenters. The smallest absolute Gasteiger partial charge is 0.146 e. The average molecular weight is 675 g/mol. The maximum Gasteiger partial charge on any atom is 0.146 e. The molecule has 47 heavy (non-hydrogen) atoms. The van der Waals surface area contributed by atoms with E-state index in [1.807, 2.05) is 66.7 Å². The van der Waals surface area contributed by atoms with Crippen molar-refractivity contribution in [1.82, 2.24) is 0 Å². The van der Waals surface area contributed by atoms with Crippen LogP contribution < -0.4 is 10.6 Å². The zero-order chi connectivity index (χ0) is 33.9. The van der Waals surface area contributed by atoms with E-state index in [1.54, 1.807) is 0 Å². The van der Waals surface area contributed by atoms with Gasteiger partial charge in [-0.25, -0.2) is 0 Å². The van der Waals surface area contributed by atoms with Crippen LogP contribution in [0.15, 0.2) is 91.0 Å². The lowest BCUT2D eigenvalue weighted by Crippen LogP contribution is -2.42. The van der Waals surface area contributed by atoms with Crippen molar-refractivity contribution in [3.63, 3.8) is 0 Å². The fraction of sp³-hybridized carbons (Fsp3) is 0.571. The Morgan fingerprint density at radius 3 is 1.38 bits per heavy atom. The zero-order valence-corrected chi connectivity index (χ0v) is 31.7. The molecule has 5 rings (SSSR count). The van der Waals surface area contributed by atoms with Crippen LogP contribution in [0.1, 0.15) is 98.2 Å². The molecule has 0 spiro atoms. The summed E-state index contributed by atoms with van der Waals surface area (Å²) in [5.74, 6) is 0.653. The van der Waals surface area contributed by atoms with E-state index < -0.39 is 31.7 Å². The van der Waals surface area contributed by atoms with Gasteiger partial charge in [0.2, 0.25) is 0 Å². The van der Waals surface area contributed by atoms with Crippen molar-refractivity contribution in [2.75, 3.05) is 0 Å². The van der Waals surface area contributed by atoms with Gasteiger partial charge in [0.05, 0.1) is 0 Å². The second kappa shape index (κ2) is 15.3. The van der Waals surface area contributed by atoms with Gasteiger partial charge in [0, 0.05) is 33.5 Å². The lowest BCUT2D eigenvalue weighted by Gasteiger charge is -2.49. The van der Waals surface area contributed by atoms with Crippen molar-refractivity contribution in [2.24, 2.45) is 41.4 Å². The summed E-state index contributed by atoms with van der Waals surface area (Å²) in [7, 11) is -6.69. The molecule has 0 amide bonds. The minimum Gasteiger partial charge on any atom is -0.385 e. The van der Waals surface area contributed by atoms with Crippen LogP contribution in [0.4, 0.5) is 0 Å². The monoisotopic (exact) mass is 674 g/mol. The molecule has 0 saturated heterocycles. The van der Waals surface area contributed by atoms with E-state index in [-0.39, 0.29) is 17.2 Å². The Labute approximate surface area is 286 Å². The predicted octanol–water partition coefficient (Wildman–Crippen LogP) is 11.0. The van der Waals surface area contributed by atoms with Gasteiger partial charge in [0.1, 0.15) is 20.1 Å². The molecule has 1 N–H and O–H groups in total. The largest absolute Gasteiger partial charge is 0.385 e. The third-order valence-electron chi connectivity index (χ3n) is 12.2. The van der Waals surface area contributed by atoms with E-state index in [0.717, 1.165) is 54.7 Å². The molecule has 2 aliphatic rings. The highest BCUT2D eigenvalue weighted by atomic mass is 31.2. The van der Waals surface area contributed by atoms with Gasteiger partial charge in [-0.1, -0.05) is 152 Å². The van der Waals surface area contributed by atoms with Gasteiger partial charge in [-0.15, -0.1) is 0 Å². The van der Waals surface area contributed by atoms with E-state index in [1.165, 1.54) is 0 Å². The number of hydrogen-bond donors (Lipinski definition) is 1. The second-order valence-corrected chi connectivity index (χ2v) is 22.3. The molecular weight excluding hydrogens is 614 g/mol. The van der Waals surface area contributed by atoms with Crippen molar-refractivity contribution in [1.29, 1.82) is 0 Å². The van der Waals surface area contributed by atoms with Crippen molar-refractivity contribution in [2.45, 2.75) is 110 Å². The predicted molar refractivity (Wildman–Crippen MR) is 202 cm³/mol. The van der Waals surface area contributed by atoms with Gasteiger partial charge in [0.15, 0.2) is 0 Å². The highest BCUT2D eigenvalue weighted by molar-refractivity contribution is 7.73. The first-order chi connectivity index (χ1) is 22.4. The van der Waals surface area contributed by atoms with Crippen LogP contribution in [0.2, 0.25) is 0 Å². The summed E-state index contributed by atoms with van der Waals surface area (Å²) in [5, 5.41) is 14.7. The van der Waals surface area contributed by atoms with Gasteiger partial charge >= 0.3 is 0 Å². The molecule has 0 radical (unpaired) electrons. The van der Waals surface area contributed by atoms with Crippen molar-refractivity contribution in [3.8, 4) is 0 Å². The molecule has 0 aromatic heterocycles. The standard InChI is InChI=1S/C42H60O3P2/c1-29(2)37-25-23-31(5)27-39(37)46(44,35-19-13-9-14-20-35)41(34-17-11-8-12-18-34)33(7)42(43)47(45,36-21-15-10-16-22-36)40-28-32(6)24-26-38(40)30(3)4/h8-22,29-33,37-43H,23-28H2,1-7H3/t31-,32-,33-,37+,38+,39-,40-,41+,42+,46?,47?/m1/s1. The summed E-state index contributed by atoms with van der Waals surface area (Å²) >= 11 is 0. The first-order valence-electron chi connectivity index (χ1n) is 18.4. The molecular formula is C42H60O3P2. The summed E-state index contributed by atoms with van der Waals surface area (Å²) in [6.07, 6.45) is 6.14. The maximum atomic E-state index is 16.7. The third-order valence-corrected chi connectivity index (χ3v) is 20.4. The van der Waals surface area contributed by atoms with E-state index in [2.05, 4.69) is 72.7 Å². The van der Waals surface area contributed by atoms with Gasteiger partial charge < -0.3 is 14.2 Å². The molecule has 256 valence electrons. The summed E-state index contributed by atoms with van der Waals surface area (Å²) in [4.78, 5) is 0. The molecule has 0 bridgehead atoms. The topological polar surface area (TPSA) is 54.4 Å². The van der Waals surface area contributed by atoms with Crippen LogP contribution in [-0.2, 0) is 9.13 Å². The van der Waals surface area contributed by atoms with Crippen molar-refractivity contribution >= 4 is 24.9 Å². The zero-order valence-electron chi connectivity index (χ0n) is 29.9.